The van der Waals surface area contributed by atoms with E-state index in [0.29, 0.717) is 16.4 Å². The van der Waals surface area contributed by atoms with Crippen molar-refractivity contribution in [1.29, 1.82) is 0 Å². The van der Waals surface area contributed by atoms with Crippen molar-refractivity contribution >= 4 is 28.8 Å². The van der Waals surface area contributed by atoms with E-state index in [4.69, 9.17) is 11.6 Å². The molecule has 1 N–H and O–H groups in total. The molecule has 0 spiro atoms. The molecule has 23 heavy (non-hydrogen) atoms. The fraction of sp³-hybridized carbons (Fsp3) is 0.111. The molecular formula is C18H15ClN2OS. The Bertz CT molecular complexity index is 830. The van der Waals surface area contributed by atoms with E-state index in [1.54, 1.807) is 0 Å². The van der Waals surface area contributed by atoms with Gasteiger partial charge < -0.3 is 5.32 Å². The highest BCUT2D eigenvalue weighted by atomic mass is 35.5. The van der Waals surface area contributed by atoms with Gasteiger partial charge in [-0.3, -0.25) is 4.79 Å². The maximum absolute atomic E-state index is 12.4. The van der Waals surface area contributed by atoms with Gasteiger partial charge >= 0.3 is 0 Å². The molecule has 0 atom stereocenters. The molecule has 116 valence electrons. The van der Waals surface area contributed by atoms with Crippen molar-refractivity contribution in [2.45, 2.75) is 13.5 Å². The molecule has 0 saturated heterocycles. The quantitative estimate of drug-likeness (QED) is 0.746. The zero-order valence-electron chi connectivity index (χ0n) is 12.5. The average molecular weight is 343 g/mol. The number of benzene rings is 2. The lowest BCUT2D eigenvalue weighted by Gasteiger charge is -2.05. The Morgan fingerprint density at radius 2 is 1.83 bits per heavy atom. The van der Waals surface area contributed by atoms with Crippen LogP contribution in [0.25, 0.3) is 10.6 Å². The molecule has 3 rings (SSSR count). The first kappa shape index (κ1) is 15.7. The summed E-state index contributed by atoms with van der Waals surface area (Å²) in [6, 6.07) is 17.3. The topological polar surface area (TPSA) is 42.0 Å². The van der Waals surface area contributed by atoms with Crippen LogP contribution in [0.15, 0.2) is 54.6 Å². The number of thiazole rings is 1. The predicted molar refractivity (Wildman–Crippen MR) is 94.9 cm³/mol. The third-order valence-corrected chi connectivity index (χ3v) is 4.99. The number of nitrogens with zero attached hydrogens (tertiary/aromatic N) is 1. The van der Waals surface area contributed by atoms with Crippen molar-refractivity contribution < 1.29 is 4.79 Å². The molecule has 0 aliphatic carbocycles. The highest BCUT2D eigenvalue weighted by Crippen LogP contribution is 2.27. The Hall–Kier alpha value is -2.17. The molecule has 0 unspecified atom stereocenters. The third-order valence-electron chi connectivity index (χ3n) is 3.42. The van der Waals surface area contributed by atoms with Crippen molar-refractivity contribution in [3.8, 4) is 10.6 Å². The number of hydrogen-bond acceptors (Lipinski definition) is 3. The van der Waals surface area contributed by atoms with Crippen molar-refractivity contribution in [2.24, 2.45) is 0 Å². The Kier molecular flexibility index (Phi) is 4.74. The molecule has 3 nitrogen and oxygen atoms in total. The minimum Gasteiger partial charge on any atom is -0.347 e. The number of carbonyl (C=O) groups excluding carboxylic acids is 1. The Balaban J connectivity index is 1.75. The van der Waals surface area contributed by atoms with E-state index in [2.05, 4.69) is 10.3 Å². The number of nitrogens with one attached hydrogen (secondary N) is 1. The van der Waals surface area contributed by atoms with E-state index in [9.17, 15) is 4.79 Å². The second kappa shape index (κ2) is 6.94. The minimum atomic E-state index is -0.123. The number of aryl methyl sites for hydroxylation is 1. The number of amides is 1. The SMILES string of the molecule is Cc1nc(-c2ccccc2)sc1C(=O)NCc1ccccc1Cl. The van der Waals surface area contributed by atoms with Gasteiger partial charge in [-0.15, -0.1) is 11.3 Å². The molecule has 3 aromatic rings. The largest absolute Gasteiger partial charge is 0.347 e. The Labute approximate surface area is 144 Å². The van der Waals surface area contributed by atoms with Crippen LogP contribution in [0.4, 0.5) is 0 Å². The van der Waals surface area contributed by atoms with Crippen molar-refractivity contribution in [3.63, 3.8) is 0 Å². The summed E-state index contributed by atoms with van der Waals surface area (Å²) in [5, 5.41) is 4.41. The smallest absolute Gasteiger partial charge is 0.263 e. The first-order chi connectivity index (χ1) is 11.1. The van der Waals surface area contributed by atoms with Gasteiger partial charge in [0.05, 0.1) is 5.69 Å². The molecule has 1 aromatic heterocycles. The van der Waals surface area contributed by atoms with Crippen molar-refractivity contribution in [1.82, 2.24) is 10.3 Å². The predicted octanol–water partition coefficient (Wildman–Crippen LogP) is 4.70. The molecule has 0 fully saturated rings. The second-order valence-electron chi connectivity index (χ2n) is 5.07. The van der Waals surface area contributed by atoms with E-state index >= 15 is 0 Å². The Morgan fingerprint density at radius 1 is 1.13 bits per heavy atom. The molecule has 1 heterocycles. The fourth-order valence-corrected chi connectivity index (χ4v) is 3.40. The van der Waals surface area contributed by atoms with E-state index in [0.717, 1.165) is 21.8 Å². The van der Waals surface area contributed by atoms with E-state index in [1.165, 1.54) is 11.3 Å². The maximum Gasteiger partial charge on any atom is 0.263 e. The van der Waals surface area contributed by atoms with Gasteiger partial charge in [-0.2, -0.15) is 0 Å². The van der Waals surface area contributed by atoms with Gasteiger partial charge in [-0.25, -0.2) is 4.98 Å². The average Bonchev–Trinajstić information content (AvgIpc) is 2.97. The summed E-state index contributed by atoms with van der Waals surface area (Å²) in [5.41, 5.74) is 2.66. The highest BCUT2D eigenvalue weighted by molar-refractivity contribution is 7.17. The van der Waals surface area contributed by atoms with Crippen LogP contribution in [0.3, 0.4) is 0 Å². The molecule has 5 heteroatoms. The van der Waals surface area contributed by atoms with Crippen molar-refractivity contribution in [3.05, 3.63) is 75.8 Å². The zero-order chi connectivity index (χ0) is 16.2. The first-order valence-corrected chi connectivity index (χ1v) is 8.39. The van der Waals surface area contributed by atoms with Gasteiger partial charge in [-0.05, 0) is 18.6 Å². The first-order valence-electron chi connectivity index (χ1n) is 7.19. The summed E-state index contributed by atoms with van der Waals surface area (Å²) >= 11 is 7.51. The molecule has 2 aromatic carbocycles. The van der Waals surface area contributed by atoms with Gasteiger partial charge in [0.2, 0.25) is 0 Å². The minimum absolute atomic E-state index is 0.123. The summed E-state index contributed by atoms with van der Waals surface area (Å²) in [6.07, 6.45) is 0. The number of aromatic nitrogens is 1. The Morgan fingerprint density at radius 3 is 2.57 bits per heavy atom. The second-order valence-corrected chi connectivity index (χ2v) is 6.48. The van der Waals surface area contributed by atoms with E-state index < -0.39 is 0 Å². The van der Waals surface area contributed by atoms with Gasteiger partial charge in [0.25, 0.3) is 5.91 Å². The van der Waals surface area contributed by atoms with Gasteiger partial charge in [-0.1, -0.05) is 60.1 Å². The molecule has 0 radical (unpaired) electrons. The highest BCUT2D eigenvalue weighted by Gasteiger charge is 2.16. The molecule has 0 saturated carbocycles. The normalized spacial score (nSPS) is 10.5. The van der Waals surface area contributed by atoms with Gasteiger partial charge in [0.15, 0.2) is 0 Å². The lowest BCUT2D eigenvalue weighted by atomic mass is 10.2. The fourth-order valence-electron chi connectivity index (χ4n) is 2.21. The lowest BCUT2D eigenvalue weighted by molar-refractivity contribution is 0.0954. The van der Waals surface area contributed by atoms with Crippen LogP contribution in [-0.2, 0) is 6.54 Å². The summed E-state index contributed by atoms with van der Waals surface area (Å²) in [4.78, 5) is 17.6. The van der Waals surface area contributed by atoms with Crippen LogP contribution in [0, 0.1) is 6.92 Å². The number of rotatable bonds is 4. The summed E-state index contributed by atoms with van der Waals surface area (Å²) in [5.74, 6) is -0.123. The van der Waals surface area contributed by atoms with Crippen LogP contribution < -0.4 is 5.32 Å². The third kappa shape index (κ3) is 3.60. The van der Waals surface area contributed by atoms with E-state index in [-0.39, 0.29) is 5.91 Å². The summed E-state index contributed by atoms with van der Waals surface area (Å²) in [7, 11) is 0. The zero-order valence-corrected chi connectivity index (χ0v) is 14.1. The summed E-state index contributed by atoms with van der Waals surface area (Å²) in [6.45, 7) is 2.25. The number of halogens is 1. The lowest BCUT2D eigenvalue weighted by Crippen LogP contribution is -2.22. The molecule has 1 amide bonds. The van der Waals surface area contributed by atoms with Crippen LogP contribution in [0.1, 0.15) is 20.9 Å². The maximum atomic E-state index is 12.4. The molecular weight excluding hydrogens is 328 g/mol. The van der Waals surface area contributed by atoms with Crippen LogP contribution in [0.5, 0.6) is 0 Å². The number of carbonyl (C=O) groups is 1. The molecule has 0 bridgehead atoms. The van der Waals surface area contributed by atoms with Crippen LogP contribution >= 0.6 is 22.9 Å². The van der Waals surface area contributed by atoms with Crippen molar-refractivity contribution in [2.75, 3.05) is 0 Å². The van der Waals surface area contributed by atoms with Gasteiger partial charge in [0.1, 0.15) is 9.88 Å². The molecule has 0 aliphatic rings. The molecule has 0 aliphatic heterocycles. The van der Waals surface area contributed by atoms with Gasteiger partial charge in [0, 0.05) is 17.1 Å². The standard InChI is InChI=1S/C18H15ClN2OS/c1-12-16(23-18(21-12)13-7-3-2-4-8-13)17(22)20-11-14-9-5-6-10-15(14)19/h2-10H,11H2,1H3,(H,20,22). The summed E-state index contributed by atoms with van der Waals surface area (Å²) < 4.78 is 0. The van der Waals surface area contributed by atoms with E-state index in [1.807, 2.05) is 61.5 Å². The number of hydrogen-bond donors (Lipinski definition) is 1. The monoisotopic (exact) mass is 342 g/mol. The van der Waals surface area contributed by atoms with Crippen LogP contribution in [-0.4, -0.2) is 10.9 Å². The van der Waals surface area contributed by atoms with Crippen LogP contribution in [0.2, 0.25) is 5.02 Å².